The third-order valence-electron chi connectivity index (χ3n) is 2.54. The van der Waals surface area contributed by atoms with E-state index >= 15 is 0 Å². The molecule has 0 amide bonds. The largest absolute Gasteiger partial charge is 0.396 e. The molecule has 0 saturated heterocycles. The van der Waals surface area contributed by atoms with Gasteiger partial charge in [0, 0.05) is 23.6 Å². The highest BCUT2D eigenvalue weighted by molar-refractivity contribution is 7.09. The lowest BCUT2D eigenvalue weighted by Crippen LogP contribution is -2.41. The van der Waals surface area contributed by atoms with E-state index < -0.39 is 0 Å². The number of nitrogens with zero attached hydrogens (tertiary/aromatic N) is 1. The van der Waals surface area contributed by atoms with Gasteiger partial charge in [-0.2, -0.15) is 0 Å². The number of aliphatic hydroxyl groups excluding tert-OH is 1. The van der Waals surface area contributed by atoms with Crippen molar-refractivity contribution in [3.63, 3.8) is 0 Å². The standard InChI is InChI=1S/C11H20N2OS/c1-9-10(15-8-12-9)4-6-13-11(2,3)5-7-14/h8,13-14H,4-7H2,1-3H3. The monoisotopic (exact) mass is 228 g/mol. The van der Waals surface area contributed by atoms with Gasteiger partial charge in [-0.1, -0.05) is 0 Å². The minimum atomic E-state index is 0.0212. The van der Waals surface area contributed by atoms with E-state index in [9.17, 15) is 0 Å². The zero-order valence-corrected chi connectivity index (χ0v) is 10.5. The zero-order chi connectivity index (χ0) is 11.3. The quantitative estimate of drug-likeness (QED) is 0.779. The number of aliphatic hydroxyl groups is 1. The predicted molar refractivity (Wildman–Crippen MR) is 64.3 cm³/mol. The van der Waals surface area contributed by atoms with Crippen molar-refractivity contribution >= 4 is 11.3 Å². The maximum atomic E-state index is 8.88. The second-order valence-electron chi connectivity index (χ2n) is 4.40. The van der Waals surface area contributed by atoms with Crippen LogP contribution in [-0.2, 0) is 6.42 Å². The predicted octanol–water partition coefficient (Wildman–Crippen LogP) is 1.74. The number of rotatable bonds is 6. The van der Waals surface area contributed by atoms with E-state index in [-0.39, 0.29) is 12.1 Å². The first-order chi connectivity index (χ1) is 7.05. The Hall–Kier alpha value is -0.450. The Bertz CT molecular complexity index is 297. The summed E-state index contributed by atoms with van der Waals surface area (Å²) in [5.74, 6) is 0. The lowest BCUT2D eigenvalue weighted by molar-refractivity contribution is 0.232. The topological polar surface area (TPSA) is 45.2 Å². The van der Waals surface area contributed by atoms with Crippen molar-refractivity contribution in [1.29, 1.82) is 0 Å². The number of hydrogen-bond donors (Lipinski definition) is 2. The van der Waals surface area contributed by atoms with Gasteiger partial charge < -0.3 is 10.4 Å². The van der Waals surface area contributed by atoms with Crippen LogP contribution in [0.3, 0.4) is 0 Å². The van der Waals surface area contributed by atoms with Crippen molar-refractivity contribution in [2.45, 2.75) is 39.2 Å². The Balaban J connectivity index is 2.30. The summed E-state index contributed by atoms with van der Waals surface area (Å²) in [6.45, 7) is 7.45. The third kappa shape index (κ3) is 4.28. The summed E-state index contributed by atoms with van der Waals surface area (Å²) >= 11 is 1.71. The first-order valence-corrected chi connectivity index (χ1v) is 6.18. The highest BCUT2D eigenvalue weighted by atomic mass is 32.1. The van der Waals surface area contributed by atoms with Crippen LogP contribution in [0.15, 0.2) is 5.51 Å². The minimum absolute atomic E-state index is 0.0212. The van der Waals surface area contributed by atoms with Gasteiger partial charge in [0.15, 0.2) is 0 Å². The number of thiazole rings is 1. The van der Waals surface area contributed by atoms with Crippen molar-refractivity contribution in [1.82, 2.24) is 10.3 Å². The van der Waals surface area contributed by atoms with Crippen LogP contribution in [0.5, 0.6) is 0 Å². The summed E-state index contributed by atoms with van der Waals surface area (Å²) in [4.78, 5) is 5.57. The van der Waals surface area contributed by atoms with Gasteiger partial charge in [-0.15, -0.1) is 11.3 Å². The first-order valence-electron chi connectivity index (χ1n) is 5.30. The van der Waals surface area contributed by atoms with Gasteiger partial charge in [-0.3, -0.25) is 0 Å². The van der Waals surface area contributed by atoms with Gasteiger partial charge in [0.25, 0.3) is 0 Å². The van der Waals surface area contributed by atoms with Crippen molar-refractivity contribution in [2.75, 3.05) is 13.2 Å². The van der Waals surface area contributed by atoms with E-state index in [1.54, 1.807) is 11.3 Å². The molecule has 0 radical (unpaired) electrons. The van der Waals surface area contributed by atoms with Crippen LogP contribution >= 0.6 is 11.3 Å². The molecule has 1 heterocycles. The first kappa shape index (κ1) is 12.6. The fourth-order valence-electron chi connectivity index (χ4n) is 1.45. The van der Waals surface area contributed by atoms with Gasteiger partial charge in [-0.05, 0) is 33.6 Å². The van der Waals surface area contributed by atoms with Crippen molar-refractivity contribution < 1.29 is 5.11 Å². The van der Waals surface area contributed by atoms with Crippen LogP contribution in [0.2, 0.25) is 0 Å². The molecule has 1 rings (SSSR count). The molecule has 0 aliphatic carbocycles. The molecular formula is C11H20N2OS. The molecule has 0 aromatic carbocycles. The smallest absolute Gasteiger partial charge is 0.0797 e. The number of aromatic nitrogens is 1. The van der Waals surface area contributed by atoms with Crippen LogP contribution in [0, 0.1) is 6.92 Å². The molecule has 0 spiro atoms. The molecule has 0 bridgehead atoms. The van der Waals surface area contributed by atoms with Crippen molar-refractivity contribution in [2.24, 2.45) is 0 Å². The highest BCUT2D eigenvalue weighted by Gasteiger charge is 2.15. The van der Waals surface area contributed by atoms with Gasteiger partial charge >= 0.3 is 0 Å². The van der Waals surface area contributed by atoms with Crippen molar-refractivity contribution in [3.8, 4) is 0 Å². The number of nitrogens with one attached hydrogen (secondary N) is 1. The molecule has 0 aliphatic rings. The molecular weight excluding hydrogens is 208 g/mol. The zero-order valence-electron chi connectivity index (χ0n) is 9.71. The number of aryl methyl sites for hydroxylation is 1. The Morgan fingerprint density at radius 1 is 1.53 bits per heavy atom. The van der Waals surface area contributed by atoms with E-state index in [1.807, 2.05) is 12.4 Å². The SMILES string of the molecule is Cc1ncsc1CCNC(C)(C)CCO. The van der Waals surface area contributed by atoms with Crippen molar-refractivity contribution in [3.05, 3.63) is 16.1 Å². The molecule has 4 heteroatoms. The van der Waals surface area contributed by atoms with Gasteiger partial charge in [0.05, 0.1) is 11.2 Å². The molecule has 0 unspecified atom stereocenters. The molecule has 0 atom stereocenters. The fourth-order valence-corrected chi connectivity index (χ4v) is 2.23. The minimum Gasteiger partial charge on any atom is -0.396 e. The van der Waals surface area contributed by atoms with Crippen LogP contribution in [0.1, 0.15) is 30.8 Å². The fraction of sp³-hybridized carbons (Fsp3) is 0.727. The Kier molecular flexibility index (Phi) is 4.70. The lowest BCUT2D eigenvalue weighted by Gasteiger charge is -2.25. The summed E-state index contributed by atoms with van der Waals surface area (Å²) in [6.07, 6.45) is 1.81. The number of hydrogen-bond acceptors (Lipinski definition) is 4. The van der Waals surface area contributed by atoms with Crippen LogP contribution in [0.4, 0.5) is 0 Å². The Morgan fingerprint density at radius 3 is 2.80 bits per heavy atom. The summed E-state index contributed by atoms with van der Waals surface area (Å²) in [5, 5.41) is 12.3. The second kappa shape index (κ2) is 5.58. The Labute approximate surface area is 95.6 Å². The molecule has 1 aromatic rings. The normalized spacial score (nSPS) is 12.0. The third-order valence-corrected chi connectivity index (χ3v) is 3.53. The highest BCUT2D eigenvalue weighted by Crippen LogP contribution is 2.13. The average Bonchev–Trinajstić information content (AvgIpc) is 2.51. The molecule has 15 heavy (non-hydrogen) atoms. The van der Waals surface area contributed by atoms with E-state index in [0.717, 1.165) is 25.1 Å². The molecule has 0 fully saturated rings. The second-order valence-corrected chi connectivity index (χ2v) is 5.33. The summed E-state index contributed by atoms with van der Waals surface area (Å²) in [5.41, 5.74) is 3.05. The molecule has 86 valence electrons. The molecule has 0 aliphatic heterocycles. The maximum absolute atomic E-state index is 8.88. The molecule has 3 nitrogen and oxygen atoms in total. The maximum Gasteiger partial charge on any atom is 0.0797 e. The van der Waals surface area contributed by atoms with E-state index in [0.29, 0.717) is 0 Å². The molecule has 1 aromatic heterocycles. The molecule has 0 saturated carbocycles. The average molecular weight is 228 g/mol. The molecule has 2 N–H and O–H groups in total. The lowest BCUT2D eigenvalue weighted by atomic mass is 10.0. The van der Waals surface area contributed by atoms with Gasteiger partial charge in [-0.25, -0.2) is 4.98 Å². The van der Waals surface area contributed by atoms with Gasteiger partial charge in [0.1, 0.15) is 0 Å². The summed E-state index contributed by atoms with van der Waals surface area (Å²) < 4.78 is 0. The van der Waals surface area contributed by atoms with Crippen LogP contribution in [-0.4, -0.2) is 28.8 Å². The van der Waals surface area contributed by atoms with Gasteiger partial charge in [0.2, 0.25) is 0 Å². The van der Waals surface area contributed by atoms with E-state index in [1.165, 1.54) is 4.88 Å². The van der Waals surface area contributed by atoms with E-state index in [2.05, 4.69) is 24.1 Å². The van der Waals surface area contributed by atoms with Crippen LogP contribution in [0.25, 0.3) is 0 Å². The van der Waals surface area contributed by atoms with Crippen LogP contribution < -0.4 is 5.32 Å². The Morgan fingerprint density at radius 2 is 2.27 bits per heavy atom. The van der Waals surface area contributed by atoms with E-state index in [4.69, 9.17) is 5.11 Å². The summed E-state index contributed by atoms with van der Waals surface area (Å²) in [7, 11) is 0. The summed E-state index contributed by atoms with van der Waals surface area (Å²) in [6, 6.07) is 0.